The predicted octanol–water partition coefficient (Wildman–Crippen LogP) is 4.40. The van der Waals surface area contributed by atoms with Gasteiger partial charge in [-0.05, 0) is 43.0 Å². The first-order chi connectivity index (χ1) is 15.6. The van der Waals surface area contributed by atoms with E-state index >= 15 is 0 Å². The lowest BCUT2D eigenvalue weighted by atomic mass is 9.76. The minimum absolute atomic E-state index is 0.0205. The van der Waals surface area contributed by atoms with Gasteiger partial charge in [0.15, 0.2) is 0 Å². The molecule has 3 aliphatic rings. The van der Waals surface area contributed by atoms with Crippen molar-refractivity contribution in [3.63, 3.8) is 0 Å². The van der Waals surface area contributed by atoms with Crippen molar-refractivity contribution in [1.29, 1.82) is 0 Å². The van der Waals surface area contributed by atoms with Crippen LogP contribution in [-0.2, 0) is 16.1 Å². The number of hydrogen-bond acceptors (Lipinski definition) is 4. The largest absolute Gasteiger partial charge is 0.487 e. The molecule has 2 amide bonds. The number of hydrogen-bond donors (Lipinski definition) is 1. The smallest absolute Gasteiger partial charge is 0.225 e. The average Bonchev–Trinajstić information content (AvgIpc) is 3.52. The molecule has 2 aliphatic heterocycles. The molecule has 0 bridgehead atoms. The molecule has 1 aromatic carbocycles. The van der Waals surface area contributed by atoms with Crippen molar-refractivity contribution in [2.45, 2.75) is 69.4 Å². The fourth-order valence-corrected chi connectivity index (χ4v) is 5.69. The molecule has 1 N–H and O–H groups in total. The van der Waals surface area contributed by atoms with Crippen LogP contribution in [0.25, 0.3) is 0 Å². The van der Waals surface area contributed by atoms with Gasteiger partial charge in [0.05, 0.1) is 12.8 Å². The third-order valence-corrected chi connectivity index (χ3v) is 7.47. The molecule has 1 aromatic heterocycles. The van der Waals surface area contributed by atoms with Gasteiger partial charge in [-0.25, -0.2) is 0 Å². The molecule has 2 aromatic rings. The fraction of sp³-hybridized carbons (Fsp3) is 0.538. The summed E-state index contributed by atoms with van der Waals surface area (Å²) in [5.41, 5.74) is 0.808. The van der Waals surface area contributed by atoms with Crippen LogP contribution in [0.3, 0.4) is 0 Å². The van der Waals surface area contributed by atoms with Crippen molar-refractivity contribution in [2.75, 3.05) is 13.1 Å². The Labute approximate surface area is 189 Å². The maximum Gasteiger partial charge on any atom is 0.225 e. The molecule has 1 saturated heterocycles. The zero-order valence-corrected chi connectivity index (χ0v) is 18.6. The van der Waals surface area contributed by atoms with Gasteiger partial charge in [-0.3, -0.25) is 9.59 Å². The molecule has 170 valence electrons. The molecular weight excluding hydrogens is 404 g/mol. The molecule has 6 heteroatoms. The molecule has 0 radical (unpaired) electrons. The molecule has 2 fully saturated rings. The van der Waals surface area contributed by atoms with E-state index < -0.39 is 0 Å². The Hall–Kier alpha value is -2.76. The van der Waals surface area contributed by atoms with Crippen LogP contribution in [-0.4, -0.2) is 35.4 Å². The summed E-state index contributed by atoms with van der Waals surface area (Å²) >= 11 is 0. The van der Waals surface area contributed by atoms with Crippen molar-refractivity contribution in [3.05, 3.63) is 54.0 Å². The van der Waals surface area contributed by atoms with Crippen LogP contribution in [0.2, 0.25) is 0 Å². The summed E-state index contributed by atoms with van der Waals surface area (Å²) in [6, 6.07) is 11.8. The second-order valence-electron chi connectivity index (χ2n) is 9.59. The Morgan fingerprint density at radius 2 is 1.84 bits per heavy atom. The van der Waals surface area contributed by atoms with E-state index in [1.54, 1.807) is 6.26 Å². The zero-order chi connectivity index (χ0) is 22.0. The maximum atomic E-state index is 12.9. The standard InChI is InChI=1S/C26H32N2O4/c29-24(27-18-21-8-5-15-31-21)16-20-17-26(32-23-10-4-3-9-22(20)23)11-13-28(14-12-26)25(30)19-6-1-2-7-19/h3-5,8-10,15,19-20H,1-2,6-7,11-14,16-18H2,(H,27,29)/t20-/m1/s1. The normalized spacial score (nSPS) is 22.4. The molecule has 1 spiro atoms. The predicted molar refractivity (Wildman–Crippen MR) is 120 cm³/mol. The van der Waals surface area contributed by atoms with Gasteiger partial charge < -0.3 is 19.4 Å². The van der Waals surface area contributed by atoms with Crippen molar-refractivity contribution in [3.8, 4) is 5.75 Å². The van der Waals surface area contributed by atoms with Gasteiger partial charge in [0.2, 0.25) is 11.8 Å². The molecule has 6 nitrogen and oxygen atoms in total. The van der Waals surface area contributed by atoms with Gasteiger partial charge in [0.1, 0.15) is 17.1 Å². The van der Waals surface area contributed by atoms with Crippen molar-refractivity contribution < 1.29 is 18.7 Å². The van der Waals surface area contributed by atoms with Crippen LogP contribution >= 0.6 is 0 Å². The van der Waals surface area contributed by atoms with Crippen LogP contribution in [0.1, 0.15) is 68.6 Å². The summed E-state index contributed by atoms with van der Waals surface area (Å²) in [5.74, 6) is 2.32. The van der Waals surface area contributed by atoms with Crippen molar-refractivity contribution >= 4 is 11.8 Å². The number of benzene rings is 1. The summed E-state index contributed by atoms with van der Waals surface area (Å²) in [7, 11) is 0. The highest BCUT2D eigenvalue weighted by Gasteiger charge is 2.44. The average molecular weight is 437 g/mol. The van der Waals surface area contributed by atoms with E-state index in [9.17, 15) is 9.59 Å². The van der Waals surface area contributed by atoms with Gasteiger partial charge in [-0.2, -0.15) is 0 Å². The van der Waals surface area contributed by atoms with E-state index in [4.69, 9.17) is 9.15 Å². The minimum atomic E-state index is -0.299. The molecular formula is C26H32N2O4. The van der Waals surface area contributed by atoms with E-state index in [2.05, 4.69) is 16.3 Å². The highest BCUT2D eigenvalue weighted by molar-refractivity contribution is 5.79. The van der Waals surface area contributed by atoms with Crippen molar-refractivity contribution in [1.82, 2.24) is 10.2 Å². The van der Waals surface area contributed by atoms with E-state index in [1.165, 1.54) is 12.8 Å². The summed E-state index contributed by atoms with van der Waals surface area (Å²) < 4.78 is 11.9. The number of nitrogens with one attached hydrogen (secondary N) is 1. The van der Waals surface area contributed by atoms with Gasteiger partial charge in [0, 0.05) is 44.2 Å². The Morgan fingerprint density at radius 1 is 1.06 bits per heavy atom. The second kappa shape index (κ2) is 9.00. The van der Waals surface area contributed by atoms with Gasteiger partial charge in [0.25, 0.3) is 0 Å². The van der Waals surface area contributed by atoms with E-state index in [1.807, 2.05) is 30.3 Å². The maximum absolute atomic E-state index is 12.9. The second-order valence-corrected chi connectivity index (χ2v) is 9.59. The lowest BCUT2D eigenvalue weighted by Gasteiger charge is -2.47. The lowest BCUT2D eigenvalue weighted by molar-refractivity contribution is -0.139. The summed E-state index contributed by atoms with van der Waals surface area (Å²) in [6.07, 6.45) is 8.93. The SMILES string of the molecule is O=C(C[C@@H]1CC2(CCN(C(=O)C3CCCC3)CC2)Oc2ccccc21)NCc1ccco1. The number of furan rings is 1. The molecule has 3 heterocycles. The monoisotopic (exact) mass is 436 g/mol. The number of carbonyl (C=O) groups is 2. The quantitative estimate of drug-likeness (QED) is 0.754. The summed E-state index contributed by atoms with van der Waals surface area (Å²) in [6.45, 7) is 1.89. The highest BCUT2D eigenvalue weighted by atomic mass is 16.5. The number of fused-ring (bicyclic) bond motifs is 1. The Bertz CT molecular complexity index is 940. The van der Waals surface area contributed by atoms with Gasteiger partial charge >= 0.3 is 0 Å². The number of piperidine rings is 1. The van der Waals surface area contributed by atoms with Crippen LogP contribution in [0.5, 0.6) is 5.75 Å². The zero-order valence-electron chi connectivity index (χ0n) is 18.6. The van der Waals surface area contributed by atoms with Crippen LogP contribution in [0, 0.1) is 5.92 Å². The van der Waals surface area contributed by atoms with E-state index in [0.717, 1.165) is 62.3 Å². The Kier molecular flexibility index (Phi) is 5.94. The number of para-hydroxylation sites is 1. The topological polar surface area (TPSA) is 71.8 Å². The lowest BCUT2D eigenvalue weighted by Crippen LogP contribution is -2.52. The van der Waals surface area contributed by atoms with Crippen LogP contribution < -0.4 is 10.1 Å². The van der Waals surface area contributed by atoms with Crippen LogP contribution in [0.15, 0.2) is 47.1 Å². The minimum Gasteiger partial charge on any atom is -0.487 e. The number of nitrogens with zero attached hydrogens (tertiary/aromatic N) is 1. The molecule has 0 unspecified atom stereocenters. The molecule has 1 aliphatic carbocycles. The highest BCUT2D eigenvalue weighted by Crippen LogP contribution is 2.46. The molecule has 5 rings (SSSR count). The first-order valence-corrected chi connectivity index (χ1v) is 12.0. The first kappa shape index (κ1) is 21.1. The first-order valence-electron chi connectivity index (χ1n) is 12.0. The Balaban J connectivity index is 1.25. The number of carbonyl (C=O) groups excluding carboxylic acids is 2. The number of likely N-dealkylation sites (tertiary alicyclic amines) is 1. The number of ether oxygens (including phenoxy) is 1. The van der Waals surface area contributed by atoms with Gasteiger partial charge in [-0.15, -0.1) is 0 Å². The Morgan fingerprint density at radius 3 is 2.59 bits per heavy atom. The molecule has 1 atom stereocenters. The molecule has 1 saturated carbocycles. The van der Waals surface area contributed by atoms with E-state index in [-0.39, 0.29) is 23.3 Å². The number of rotatable bonds is 5. The summed E-state index contributed by atoms with van der Waals surface area (Å²) in [5, 5.41) is 2.98. The fourth-order valence-electron chi connectivity index (χ4n) is 5.69. The van der Waals surface area contributed by atoms with Gasteiger partial charge in [-0.1, -0.05) is 31.0 Å². The summed E-state index contributed by atoms with van der Waals surface area (Å²) in [4.78, 5) is 27.7. The number of amides is 2. The van der Waals surface area contributed by atoms with E-state index in [0.29, 0.717) is 18.9 Å². The third-order valence-electron chi connectivity index (χ3n) is 7.47. The van der Waals surface area contributed by atoms with Crippen molar-refractivity contribution in [2.24, 2.45) is 5.92 Å². The third kappa shape index (κ3) is 4.41. The molecule has 32 heavy (non-hydrogen) atoms. The van der Waals surface area contributed by atoms with Crippen LogP contribution in [0.4, 0.5) is 0 Å².